The molecular weight excluding hydrogens is 258 g/mol. The van der Waals surface area contributed by atoms with E-state index in [0.717, 1.165) is 5.75 Å². The van der Waals surface area contributed by atoms with Crippen molar-refractivity contribution < 1.29 is 14.3 Å². The molecule has 0 aliphatic rings. The first-order valence-electron chi connectivity index (χ1n) is 6.51. The highest BCUT2D eigenvalue weighted by molar-refractivity contribution is 5.73. The quantitative estimate of drug-likeness (QED) is 0.724. The number of rotatable bonds is 7. The topological polar surface area (TPSA) is 66.2 Å². The van der Waals surface area contributed by atoms with E-state index in [1.54, 1.807) is 4.68 Å². The maximum atomic E-state index is 10.9. The van der Waals surface area contributed by atoms with Crippen molar-refractivity contribution in [3.63, 3.8) is 0 Å². The van der Waals surface area contributed by atoms with Crippen LogP contribution in [0, 0.1) is 0 Å². The highest BCUT2D eigenvalue weighted by Gasteiger charge is 2.11. The summed E-state index contributed by atoms with van der Waals surface area (Å²) in [5, 5.41) is 7.69. The van der Waals surface area contributed by atoms with Gasteiger partial charge in [0.2, 0.25) is 0 Å². The summed E-state index contributed by atoms with van der Waals surface area (Å²) >= 11 is 0. The van der Waals surface area contributed by atoms with Gasteiger partial charge in [0.25, 0.3) is 0 Å². The van der Waals surface area contributed by atoms with Crippen LogP contribution in [0.3, 0.4) is 0 Å². The summed E-state index contributed by atoms with van der Waals surface area (Å²) in [5.74, 6) is 1.50. The molecular formula is C14H17N3O3. The Bertz CT molecular complexity index is 564. The average molecular weight is 275 g/mol. The van der Waals surface area contributed by atoms with Crippen LogP contribution >= 0.6 is 0 Å². The summed E-state index contributed by atoms with van der Waals surface area (Å²) in [4.78, 5) is 10.9. The number of nitrogens with zero attached hydrogens (tertiary/aromatic N) is 3. The van der Waals surface area contributed by atoms with Crippen molar-refractivity contribution in [1.82, 2.24) is 15.0 Å². The number of benzene rings is 1. The van der Waals surface area contributed by atoms with Gasteiger partial charge in [-0.3, -0.25) is 4.79 Å². The number of carbonyl (C=O) groups is 1. The van der Waals surface area contributed by atoms with Crippen LogP contribution < -0.4 is 9.47 Å². The summed E-state index contributed by atoms with van der Waals surface area (Å²) in [6, 6.07) is 7.33. The minimum Gasteiger partial charge on any atom is -0.494 e. The van der Waals surface area contributed by atoms with Gasteiger partial charge < -0.3 is 9.47 Å². The van der Waals surface area contributed by atoms with Gasteiger partial charge >= 0.3 is 0 Å². The third kappa shape index (κ3) is 3.14. The summed E-state index contributed by atoms with van der Waals surface area (Å²) in [6.07, 6.45) is 0.691. The van der Waals surface area contributed by atoms with E-state index in [1.807, 2.05) is 38.1 Å². The van der Waals surface area contributed by atoms with Crippen LogP contribution in [0.15, 0.2) is 24.3 Å². The molecule has 0 saturated heterocycles. The number of hydrogen-bond donors (Lipinski definition) is 0. The normalized spacial score (nSPS) is 10.3. The molecule has 0 fully saturated rings. The molecule has 6 heteroatoms. The van der Waals surface area contributed by atoms with Gasteiger partial charge in [0.05, 0.1) is 6.61 Å². The molecule has 1 heterocycles. The Morgan fingerprint density at radius 1 is 1.15 bits per heavy atom. The van der Waals surface area contributed by atoms with Gasteiger partial charge in [0.15, 0.2) is 12.0 Å². The summed E-state index contributed by atoms with van der Waals surface area (Å²) in [5.41, 5.74) is 0.995. The maximum Gasteiger partial charge on any atom is 0.172 e. The van der Waals surface area contributed by atoms with Gasteiger partial charge in [0, 0.05) is 6.54 Å². The monoisotopic (exact) mass is 275 g/mol. The van der Waals surface area contributed by atoms with Crippen molar-refractivity contribution in [3.05, 3.63) is 35.7 Å². The number of aromatic nitrogens is 3. The van der Waals surface area contributed by atoms with Gasteiger partial charge in [0.1, 0.15) is 23.8 Å². The van der Waals surface area contributed by atoms with Crippen molar-refractivity contribution in [1.29, 1.82) is 0 Å². The summed E-state index contributed by atoms with van der Waals surface area (Å²) in [7, 11) is 0. The molecule has 0 aliphatic heterocycles. The fraction of sp³-hybridized carbons (Fsp3) is 0.357. The fourth-order valence-corrected chi connectivity index (χ4v) is 1.79. The lowest BCUT2D eigenvalue weighted by Crippen LogP contribution is -2.08. The van der Waals surface area contributed by atoms with E-state index in [2.05, 4.69) is 10.3 Å². The Labute approximate surface area is 117 Å². The first-order chi connectivity index (χ1) is 9.78. The second-order valence-electron chi connectivity index (χ2n) is 4.05. The number of hydrogen-bond acceptors (Lipinski definition) is 5. The van der Waals surface area contributed by atoms with E-state index in [4.69, 9.17) is 9.47 Å². The minimum atomic E-state index is 0.253. The first kappa shape index (κ1) is 14.0. The molecule has 0 spiro atoms. The Balaban J connectivity index is 2.04. The predicted octanol–water partition coefficient (Wildman–Crippen LogP) is 2.09. The lowest BCUT2D eigenvalue weighted by atomic mass is 10.3. The Hall–Kier alpha value is -2.37. The van der Waals surface area contributed by atoms with Crippen LogP contribution in [-0.2, 0) is 13.2 Å². The maximum absolute atomic E-state index is 10.9. The van der Waals surface area contributed by atoms with Gasteiger partial charge in [-0.25, -0.2) is 4.68 Å². The van der Waals surface area contributed by atoms with Crippen molar-refractivity contribution in [2.75, 3.05) is 6.61 Å². The van der Waals surface area contributed by atoms with Crippen LogP contribution in [0.4, 0.5) is 0 Å². The third-order valence-corrected chi connectivity index (χ3v) is 2.79. The van der Waals surface area contributed by atoms with Gasteiger partial charge in [-0.1, -0.05) is 5.21 Å². The first-order valence-corrected chi connectivity index (χ1v) is 6.51. The molecule has 6 nitrogen and oxygen atoms in total. The number of aryl methyl sites for hydroxylation is 1. The van der Waals surface area contributed by atoms with E-state index >= 15 is 0 Å². The minimum absolute atomic E-state index is 0.253. The molecule has 1 aromatic carbocycles. The molecule has 0 atom stereocenters. The van der Waals surface area contributed by atoms with Gasteiger partial charge in [-0.2, -0.15) is 0 Å². The zero-order chi connectivity index (χ0) is 14.4. The third-order valence-electron chi connectivity index (χ3n) is 2.79. The summed E-state index contributed by atoms with van der Waals surface area (Å²) in [6.45, 7) is 5.39. The Morgan fingerprint density at radius 2 is 1.80 bits per heavy atom. The second kappa shape index (κ2) is 6.70. The van der Waals surface area contributed by atoms with E-state index in [1.165, 1.54) is 0 Å². The van der Waals surface area contributed by atoms with Crippen molar-refractivity contribution in [2.45, 2.75) is 27.0 Å². The standard InChI is InChI=1S/C14H17N3O3/c1-3-17-14(13(9-18)15-16-17)10-20-12-7-5-11(6-8-12)19-4-2/h5-9H,3-4,10H2,1-2H3. The fourth-order valence-electron chi connectivity index (χ4n) is 1.79. The molecule has 0 radical (unpaired) electrons. The Morgan fingerprint density at radius 3 is 2.35 bits per heavy atom. The van der Waals surface area contributed by atoms with Crippen LogP contribution in [0.2, 0.25) is 0 Å². The van der Waals surface area contributed by atoms with E-state index in [9.17, 15) is 4.79 Å². The van der Waals surface area contributed by atoms with Crippen molar-refractivity contribution in [3.8, 4) is 11.5 Å². The molecule has 0 unspecified atom stereocenters. The smallest absolute Gasteiger partial charge is 0.172 e. The lowest BCUT2D eigenvalue weighted by molar-refractivity contribution is 0.111. The highest BCUT2D eigenvalue weighted by atomic mass is 16.5. The Kier molecular flexibility index (Phi) is 4.70. The molecule has 2 aromatic rings. The van der Waals surface area contributed by atoms with Crippen molar-refractivity contribution in [2.24, 2.45) is 0 Å². The average Bonchev–Trinajstić information content (AvgIpc) is 2.89. The second-order valence-corrected chi connectivity index (χ2v) is 4.05. The highest BCUT2D eigenvalue weighted by Crippen LogP contribution is 2.19. The van der Waals surface area contributed by atoms with Gasteiger partial charge in [-0.05, 0) is 38.1 Å². The lowest BCUT2D eigenvalue weighted by Gasteiger charge is -2.08. The number of carbonyl (C=O) groups excluding carboxylic acids is 1. The molecule has 2 rings (SSSR count). The summed E-state index contributed by atoms with van der Waals surface area (Å²) < 4.78 is 12.7. The molecule has 0 amide bonds. The molecule has 20 heavy (non-hydrogen) atoms. The zero-order valence-electron chi connectivity index (χ0n) is 11.6. The number of aldehydes is 1. The molecule has 1 aromatic heterocycles. The van der Waals surface area contributed by atoms with Crippen molar-refractivity contribution >= 4 is 6.29 Å². The molecule has 106 valence electrons. The largest absolute Gasteiger partial charge is 0.494 e. The van der Waals surface area contributed by atoms with Crippen LogP contribution in [0.25, 0.3) is 0 Å². The molecule has 0 aliphatic carbocycles. The van der Waals surface area contributed by atoms with Crippen LogP contribution in [0.1, 0.15) is 30.0 Å². The number of ether oxygens (including phenoxy) is 2. The van der Waals surface area contributed by atoms with Crippen LogP contribution in [0.5, 0.6) is 11.5 Å². The molecule has 0 bridgehead atoms. The predicted molar refractivity (Wildman–Crippen MR) is 73.0 cm³/mol. The van der Waals surface area contributed by atoms with Crippen LogP contribution in [-0.4, -0.2) is 27.9 Å². The van der Waals surface area contributed by atoms with E-state index in [0.29, 0.717) is 36.6 Å². The van der Waals surface area contributed by atoms with E-state index < -0.39 is 0 Å². The molecule has 0 saturated carbocycles. The van der Waals surface area contributed by atoms with E-state index in [-0.39, 0.29) is 6.61 Å². The zero-order valence-corrected chi connectivity index (χ0v) is 11.6. The molecule has 0 N–H and O–H groups in total. The SMILES string of the molecule is CCOc1ccc(OCc2c(C=O)nnn2CC)cc1. The van der Waals surface area contributed by atoms with Gasteiger partial charge in [-0.15, -0.1) is 5.10 Å².